The largest absolute Gasteiger partial charge is 0.465 e. The Morgan fingerprint density at radius 3 is 3.08 bits per heavy atom. The van der Waals surface area contributed by atoms with Gasteiger partial charge in [0, 0.05) is 0 Å². The zero-order valence-electron chi connectivity index (χ0n) is 7.03. The fourth-order valence-corrected chi connectivity index (χ4v) is 1.29. The molecule has 1 heterocycles. The van der Waals surface area contributed by atoms with Gasteiger partial charge in [0.15, 0.2) is 0 Å². The molecule has 0 spiro atoms. The molecular formula is C9H14O3. The summed E-state index contributed by atoms with van der Waals surface area (Å²) in [4.78, 5) is 11.1. The van der Waals surface area contributed by atoms with Crippen LogP contribution in [0.25, 0.3) is 0 Å². The number of allylic oxidation sites excluding steroid dienone is 1. The average molecular weight is 170 g/mol. The average Bonchev–Trinajstić information content (AvgIpc) is 2.09. The predicted molar refractivity (Wildman–Crippen MR) is 44.5 cm³/mol. The quantitative estimate of drug-likeness (QED) is 0.505. The maximum Gasteiger partial charge on any atom is 0.309 e. The Morgan fingerprint density at radius 2 is 2.42 bits per heavy atom. The Morgan fingerprint density at radius 1 is 1.58 bits per heavy atom. The van der Waals surface area contributed by atoms with Crippen molar-refractivity contribution in [3.05, 3.63) is 12.2 Å². The molecule has 12 heavy (non-hydrogen) atoms. The highest BCUT2D eigenvalue weighted by Crippen LogP contribution is 2.18. The molecule has 1 unspecified atom stereocenters. The van der Waals surface area contributed by atoms with E-state index in [2.05, 4.69) is 0 Å². The predicted octanol–water partition coefficient (Wildman–Crippen LogP) is 0.878. The van der Waals surface area contributed by atoms with Crippen LogP contribution in [0, 0.1) is 5.92 Å². The van der Waals surface area contributed by atoms with Crippen molar-refractivity contribution in [1.29, 1.82) is 0 Å². The third-order valence-electron chi connectivity index (χ3n) is 1.97. The molecule has 0 aromatic rings. The third kappa shape index (κ3) is 2.66. The topological polar surface area (TPSA) is 46.5 Å². The van der Waals surface area contributed by atoms with Crippen LogP contribution < -0.4 is 0 Å². The number of ether oxygens (including phenoxy) is 1. The first kappa shape index (κ1) is 9.26. The van der Waals surface area contributed by atoms with Crippen LogP contribution in [0.2, 0.25) is 0 Å². The fourth-order valence-electron chi connectivity index (χ4n) is 1.29. The van der Waals surface area contributed by atoms with E-state index in [9.17, 15) is 4.79 Å². The summed E-state index contributed by atoms with van der Waals surface area (Å²) in [6.45, 7) is 0.612. The van der Waals surface area contributed by atoms with E-state index in [0.29, 0.717) is 13.0 Å². The van der Waals surface area contributed by atoms with Crippen molar-refractivity contribution in [1.82, 2.24) is 0 Å². The van der Waals surface area contributed by atoms with Gasteiger partial charge in [-0.05, 0) is 19.3 Å². The summed E-state index contributed by atoms with van der Waals surface area (Å²) in [7, 11) is 0. The van der Waals surface area contributed by atoms with Crippen LogP contribution in [0.15, 0.2) is 12.2 Å². The van der Waals surface area contributed by atoms with Gasteiger partial charge in [0.05, 0.1) is 19.1 Å². The third-order valence-corrected chi connectivity index (χ3v) is 1.97. The number of esters is 1. The van der Waals surface area contributed by atoms with E-state index in [4.69, 9.17) is 9.84 Å². The smallest absolute Gasteiger partial charge is 0.309 e. The van der Waals surface area contributed by atoms with Crippen LogP contribution in [-0.4, -0.2) is 24.3 Å². The first-order valence-corrected chi connectivity index (χ1v) is 4.27. The lowest BCUT2D eigenvalue weighted by molar-refractivity contribution is -0.152. The fraction of sp³-hybridized carbons (Fsp3) is 0.667. The van der Waals surface area contributed by atoms with E-state index in [1.165, 1.54) is 0 Å². The number of carbonyl (C=O) groups is 1. The molecule has 0 aliphatic carbocycles. The van der Waals surface area contributed by atoms with Crippen molar-refractivity contribution < 1.29 is 14.6 Å². The van der Waals surface area contributed by atoms with Gasteiger partial charge in [0.2, 0.25) is 0 Å². The molecule has 1 N–H and O–H groups in total. The Bertz CT molecular complexity index is 175. The van der Waals surface area contributed by atoms with E-state index in [-0.39, 0.29) is 18.5 Å². The highest BCUT2D eigenvalue weighted by molar-refractivity contribution is 5.73. The Hall–Kier alpha value is -0.830. The molecule has 3 nitrogen and oxygen atoms in total. The lowest BCUT2D eigenvalue weighted by Crippen LogP contribution is -2.23. The molecule has 1 aliphatic rings. The van der Waals surface area contributed by atoms with Crippen LogP contribution in [0.4, 0.5) is 0 Å². The monoisotopic (exact) mass is 170 g/mol. The molecule has 1 rings (SSSR count). The molecule has 3 heteroatoms. The number of aliphatic hydroxyl groups is 1. The molecule has 0 amide bonds. The second kappa shape index (κ2) is 4.93. The van der Waals surface area contributed by atoms with Gasteiger partial charge in [0.1, 0.15) is 0 Å². The number of carbonyl (C=O) groups excluding carboxylic acids is 1. The normalized spacial score (nSPS) is 24.4. The molecule has 1 aliphatic heterocycles. The molecule has 0 saturated carbocycles. The van der Waals surface area contributed by atoms with Crippen LogP contribution in [-0.2, 0) is 9.53 Å². The molecule has 68 valence electrons. The van der Waals surface area contributed by atoms with Crippen molar-refractivity contribution in [2.75, 3.05) is 13.2 Å². The Balaban J connectivity index is 2.29. The minimum absolute atomic E-state index is 0.0153. The second-order valence-corrected chi connectivity index (χ2v) is 2.90. The van der Waals surface area contributed by atoms with E-state index in [1.807, 2.05) is 6.08 Å². The molecule has 1 saturated heterocycles. The first-order valence-electron chi connectivity index (χ1n) is 4.27. The molecule has 0 aromatic heterocycles. The van der Waals surface area contributed by atoms with E-state index >= 15 is 0 Å². The van der Waals surface area contributed by atoms with Crippen molar-refractivity contribution in [2.45, 2.75) is 19.3 Å². The van der Waals surface area contributed by atoms with E-state index in [1.54, 1.807) is 6.08 Å². The van der Waals surface area contributed by atoms with Gasteiger partial charge < -0.3 is 9.84 Å². The number of rotatable bonds is 3. The summed E-state index contributed by atoms with van der Waals surface area (Å²) in [6.07, 6.45) is 6.05. The van der Waals surface area contributed by atoms with E-state index in [0.717, 1.165) is 12.8 Å². The zero-order chi connectivity index (χ0) is 8.81. The highest BCUT2D eigenvalue weighted by atomic mass is 16.5. The number of cyclic esters (lactones) is 1. The van der Waals surface area contributed by atoms with Crippen LogP contribution >= 0.6 is 0 Å². The van der Waals surface area contributed by atoms with Crippen molar-refractivity contribution in [2.24, 2.45) is 5.92 Å². The van der Waals surface area contributed by atoms with Crippen LogP contribution in [0.1, 0.15) is 19.3 Å². The molecule has 1 fully saturated rings. The van der Waals surface area contributed by atoms with Gasteiger partial charge in [-0.15, -0.1) is 0 Å². The van der Waals surface area contributed by atoms with Crippen molar-refractivity contribution in [3.63, 3.8) is 0 Å². The van der Waals surface area contributed by atoms with Gasteiger partial charge in [-0.3, -0.25) is 4.79 Å². The lowest BCUT2D eigenvalue weighted by atomic mass is 9.98. The zero-order valence-corrected chi connectivity index (χ0v) is 7.03. The highest BCUT2D eigenvalue weighted by Gasteiger charge is 2.22. The molecule has 0 bridgehead atoms. The second-order valence-electron chi connectivity index (χ2n) is 2.90. The first-order chi connectivity index (χ1) is 5.84. The number of hydrogen-bond donors (Lipinski definition) is 1. The van der Waals surface area contributed by atoms with Crippen LogP contribution in [0.5, 0.6) is 0 Å². The molecule has 1 atom stereocenters. The summed E-state index contributed by atoms with van der Waals surface area (Å²) < 4.78 is 4.89. The van der Waals surface area contributed by atoms with Crippen molar-refractivity contribution >= 4 is 5.97 Å². The van der Waals surface area contributed by atoms with Gasteiger partial charge in [-0.2, -0.15) is 0 Å². The molecular weight excluding hydrogens is 156 g/mol. The van der Waals surface area contributed by atoms with Crippen molar-refractivity contribution in [3.8, 4) is 0 Å². The molecule has 0 aromatic carbocycles. The summed E-state index contributed by atoms with van der Waals surface area (Å²) in [5.41, 5.74) is 0. The SMILES string of the molecule is O=C1OCCCC1CC=CCO. The van der Waals surface area contributed by atoms with Gasteiger partial charge in [-0.25, -0.2) is 0 Å². The number of aliphatic hydroxyl groups excluding tert-OH is 1. The van der Waals surface area contributed by atoms with Gasteiger partial charge >= 0.3 is 5.97 Å². The maximum absolute atomic E-state index is 11.1. The lowest BCUT2D eigenvalue weighted by Gasteiger charge is -2.19. The summed E-state index contributed by atoms with van der Waals surface area (Å²) in [5.74, 6) is -0.0783. The minimum atomic E-state index is -0.0937. The number of hydrogen-bond acceptors (Lipinski definition) is 3. The Labute approximate surface area is 72.0 Å². The maximum atomic E-state index is 11.1. The van der Waals surface area contributed by atoms with E-state index < -0.39 is 0 Å². The van der Waals surface area contributed by atoms with Crippen LogP contribution in [0.3, 0.4) is 0 Å². The standard InChI is InChI=1S/C9H14O3/c10-6-2-1-4-8-5-3-7-12-9(8)11/h1-2,8,10H,3-7H2. The summed E-state index contributed by atoms with van der Waals surface area (Å²) in [5, 5.41) is 8.46. The summed E-state index contributed by atoms with van der Waals surface area (Å²) >= 11 is 0. The van der Waals surface area contributed by atoms with Gasteiger partial charge in [0.25, 0.3) is 0 Å². The van der Waals surface area contributed by atoms with Gasteiger partial charge in [-0.1, -0.05) is 12.2 Å². The minimum Gasteiger partial charge on any atom is -0.465 e. The summed E-state index contributed by atoms with van der Waals surface area (Å²) in [6, 6.07) is 0. The Kier molecular flexibility index (Phi) is 3.80. The molecule has 0 radical (unpaired) electrons.